The third-order valence-corrected chi connectivity index (χ3v) is 4.21. The minimum Gasteiger partial charge on any atom is -0.497 e. The molecule has 106 valence electrons. The summed E-state index contributed by atoms with van der Waals surface area (Å²) in [5.74, 6) is 1.25. The lowest BCUT2D eigenvalue weighted by molar-refractivity contribution is 0.413. The summed E-state index contributed by atoms with van der Waals surface area (Å²) in [7, 11) is -1.40. The second kappa shape index (κ2) is 6.33. The van der Waals surface area contributed by atoms with Crippen molar-refractivity contribution >= 4 is 29.1 Å². The van der Waals surface area contributed by atoms with Crippen LogP contribution < -0.4 is 14.3 Å². The lowest BCUT2D eigenvalue weighted by Gasteiger charge is -2.17. The van der Waals surface area contributed by atoms with E-state index in [4.69, 9.17) is 9.26 Å². The molecule has 0 saturated carbocycles. The standard InChI is InChI=1S/C14H15BrNO3P/c1-18-13-6-8-14(9-7-13)19-20(2,17)16-12-5-3-4-11(15)10-12/h3-10H,1-2H3,(H,16,17)/t20-/m1/s1. The van der Waals surface area contributed by atoms with Gasteiger partial charge in [-0.05, 0) is 42.5 Å². The van der Waals surface area contributed by atoms with E-state index in [1.54, 1.807) is 31.4 Å². The molecule has 0 fully saturated rings. The number of nitrogens with one attached hydrogen (secondary N) is 1. The fourth-order valence-electron chi connectivity index (χ4n) is 1.65. The molecule has 0 aliphatic rings. The first-order chi connectivity index (χ1) is 9.48. The summed E-state index contributed by atoms with van der Waals surface area (Å²) < 4.78 is 23.9. The molecule has 6 heteroatoms. The van der Waals surface area contributed by atoms with Crippen LogP contribution in [0.2, 0.25) is 0 Å². The maximum absolute atomic E-state index is 12.4. The van der Waals surface area contributed by atoms with Crippen molar-refractivity contribution in [2.45, 2.75) is 0 Å². The summed E-state index contributed by atoms with van der Waals surface area (Å²) >= 11 is 3.37. The minimum atomic E-state index is -2.99. The van der Waals surface area contributed by atoms with Crippen LogP contribution in [-0.4, -0.2) is 13.8 Å². The van der Waals surface area contributed by atoms with Crippen LogP contribution in [-0.2, 0) is 4.57 Å². The van der Waals surface area contributed by atoms with Gasteiger partial charge >= 0.3 is 7.52 Å². The molecule has 0 heterocycles. The zero-order valence-corrected chi connectivity index (χ0v) is 13.6. The van der Waals surface area contributed by atoms with Crippen molar-refractivity contribution in [3.8, 4) is 11.5 Å². The molecule has 1 N–H and O–H groups in total. The van der Waals surface area contributed by atoms with E-state index in [2.05, 4.69) is 21.0 Å². The monoisotopic (exact) mass is 355 g/mol. The number of hydrogen-bond donors (Lipinski definition) is 1. The van der Waals surface area contributed by atoms with Crippen LogP contribution in [0.1, 0.15) is 0 Å². The lowest BCUT2D eigenvalue weighted by atomic mass is 10.3. The van der Waals surface area contributed by atoms with Crippen molar-refractivity contribution in [2.75, 3.05) is 18.9 Å². The molecule has 0 amide bonds. The van der Waals surface area contributed by atoms with Crippen LogP contribution in [0.5, 0.6) is 11.5 Å². The van der Waals surface area contributed by atoms with Crippen LogP contribution in [0, 0.1) is 0 Å². The average molecular weight is 356 g/mol. The molecule has 4 nitrogen and oxygen atoms in total. The summed E-state index contributed by atoms with van der Waals surface area (Å²) in [5, 5.41) is 2.91. The molecule has 0 aliphatic heterocycles. The molecule has 0 spiro atoms. The topological polar surface area (TPSA) is 47.6 Å². The van der Waals surface area contributed by atoms with Gasteiger partial charge in [-0.2, -0.15) is 0 Å². The maximum atomic E-state index is 12.4. The summed E-state index contributed by atoms with van der Waals surface area (Å²) in [5.41, 5.74) is 0.735. The lowest BCUT2D eigenvalue weighted by Crippen LogP contribution is -2.02. The van der Waals surface area contributed by atoms with Crippen molar-refractivity contribution in [3.63, 3.8) is 0 Å². The molecule has 0 saturated heterocycles. The number of halogens is 1. The summed E-state index contributed by atoms with van der Waals surface area (Å²) in [4.78, 5) is 0. The van der Waals surface area contributed by atoms with Gasteiger partial charge in [-0.1, -0.05) is 22.0 Å². The van der Waals surface area contributed by atoms with E-state index in [0.717, 1.165) is 15.9 Å². The predicted octanol–water partition coefficient (Wildman–Crippen LogP) is 4.77. The number of methoxy groups -OCH3 is 1. The zero-order valence-electron chi connectivity index (χ0n) is 11.2. The van der Waals surface area contributed by atoms with Crippen LogP contribution in [0.3, 0.4) is 0 Å². The Hall–Kier alpha value is -1.45. The summed E-state index contributed by atoms with van der Waals surface area (Å²) in [6.07, 6.45) is 0. The fourth-order valence-corrected chi connectivity index (χ4v) is 3.23. The molecule has 1 atom stereocenters. The first kappa shape index (κ1) is 14.9. The van der Waals surface area contributed by atoms with Crippen LogP contribution >= 0.6 is 23.4 Å². The average Bonchev–Trinajstić information content (AvgIpc) is 2.38. The summed E-state index contributed by atoms with van der Waals surface area (Å²) in [6.45, 7) is 1.54. The second-order valence-corrected chi connectivity index (χ2v) is 7.25. The second-order valence-electron chi connectivity index (χ2n) is 4.23. The van der Waals surface area contributed by atoms with Gasteiger partial charge in [0.25, 0.3) is 0 Å². The van der Waals surface area contributed by atoms with Gasteiger partial charge in [-0.15, -0.1) is 0 Å². The summed E-state index contributed by atoms with van der Waals surface area (Å²) in [6, 6.07) is 14.4. The molecule has 0 aromatic heterocycles. The predicted molar refractivity (Wildman–Crippen MR) is 84.9 cm³/mol. The molecule has 2 aromatic rings. The van der Waals surface area contributed by atoms with E-state index in [9.17, 15) is 4.57 Å². The van der Waals surface area contributed by atoms with E-state index >= 15 is 0 Å². The largest absolute Gasteiger partial charge is 0.497 e. The Bertz CT molecular complexity index is 631. The number of ether oxygens (including phenoxy) is 1. The van der Waals surface area contributed by atoms with Gasteiger partial charge in [-0.25, -0.2) is 0 Å². The Labute approximate surface area is 126 Å². The van der Waals surface area contributed by atoms with E-state index < -0.39 is 7.52 Å². The SMILES string of the molecule is COc1ccc(O[P@@](C)(=O)Nc2cccc(Br)c2)cc1. The maximum Gasteiger partial charge on any atom is 0.338 e. The van der Waals surface area contributed by atoms with Crippen molar-refractivity contribution in [1.29, 1.82) is 0 Å². The molecule has 0 unspecified atom stereocenters. The van der Waals surface area contributed by atoms with Gasteiger partial charge in [-0.3, -0.25) is 4.57 Å². The normalized spacial score (nSPS) is 13.3. The number of hydrogen-bond acceptors (Lipinski definition) is 3. The Kier molecular flexibility index (Phi) is 4.73. The highest BCUT2D eigenvalue weighted by molar-refractivity contribution is 9.10. The number of rotatable bonds is 5. The van der Waals surface area contributed by atoms with E-state index in [-0.39, 0.29) is 0 Å². The fraction of sp³-hybridized carbons (Fsp3) is 0.143. The van der Waals surface area contributed by atoms with E-state index in [0.29, 0.717) is 5.75 Å². The molecule has 2 rings (SSSR count). The van der Waals surface area contributed by atoms with Gasteiger partial charge in [0.05, 0.1) is 7.11 Å². The van der Waals surface area contributed by atoms with Crippen LogP contribution in [0.15, 0.2) is 53.0 Å². The molecule has 2 aromatic carbocycles. The Morgan fingerprint density at radius 1 is 1.10 bits per heavy atom. The van der Waals surface area contributed by atoms with Gasteiger partial charge < -0.3 is 14.3 Å². The molecule has 0 radical (unpaired) electrons. The molecule has 20 heavy (non-hydrogen) atoms. The van der Waals surface area contributed by atoms with Crippen LogP contribution in [0.25, 0.3) is 0 Å². The van der Waals surface area contributed by atoms with E-state index in [1.807, 2.05) is 24.3 Å². The third kappa shape index (κ3) is 4.29. The Balaban J connectivity index is 2.08. The number of anilines is 1. The highest BCUT2D eigenvalue weighted by Crippen LogP contribution is 2.43. The highest BCUT2D eigenvalue weighted by Gasteiger charge is 2.17. The Morgan fingerprint density at radius 2 is 1.75 bits per heavy atom. The van der Waals surface area contributed by atoms with Crippen molar-refractivity contribution in [3.05, 3.63) is 53.0 Å². The minimum absolute atomic E-state index is 0.527. The van der Waals surface area contributed by atoms with Gasteiger partial charge in [0.2, 0.25) is 0 Å². The van der Waals surface area contributed by atoms with Gasteiger partial charge in [0, 0.05) is 16.8 Å². The number of benzene rings is 2. The first-order valence-corrected chi connectivity index (χ1v) is 8.80. The van der Waals surface area contributed by atoms with Crippen molar-refractivity contribution < 1.29 is 13.8 Å². The quantitative estimate of drug-likeness (QED) is 0.784. The zero-order chi connectivity index (χ0) is 14.6. The molecular formula is C14H15BrNO3P. The molecule has 0 bridgehead atoms. The van der Waals surface area contributed by atoms with Crippen molar-refractivity contribution in [1.82, 2.24) is 0 Å². The molecular weight excluding hydrogens is 341 g/mol. The van der Waals surface area contributed by atoms with Gasteiger partial charge in [0.15, 0.2) is 0 Å². The highest BCUT2D eigenvalue weighted by atomic mass is 79.9. The van der Waals surface area contributed by atoms with Crippen molar-refractivity contribution in [2.24, 2.45) is 0 Å². The third-order valence-electron chi connectivity index (χ3n) is 2.50. The van der Waals surface area contributed by atoms with E-state index in [1.165, 1.54) is 6.66 Å². The Morgan fingerprint density at radius 3 is 2.35 bits per heavy atom. The first-order valence-electron chi connectivity index (χ1n) is 5.93. The van der Waals surface area contributed by atoms with Crippen LogP contribution in [0.4, 0.5) is 5.69 Å². The smallest absolute Gasteiger partial charge is 0.338 e. The van der Waals surface area contributed by atoms with Gasteiger partial charge in [0.1, 0.15) is 11.5 Å². The molecule has 0 aliphatic carbocycles.